The lowest BCUT2D eigenvalue weighted by Crippen LogP contribution is -1.98. The molecule has 24 heavy (non-hydrogen) atoms. The van der Waals surface area contributed by atoms with Gasteiger partial charge in [-0.3, -0.25) is 0 Å². The summed E-state index contributed by atoms with van der Waals surface area (Å²) in [5.41, 5.74) is 2.70. The van der Waals surface area contributed by atoms with E-state index in [0.717, 1.165) is 16.9 Å². The molecule has 0 unspecified atom stereocenters. The van der Waals surface area contributed by atoms with Crippen molar-refractivity contribution >= 4 is 0 Å². The molecule has 1 heterocycles. The molecule has 0 saturated carbocycles. The fourth-order valence-corrected chi connectivity index (χ4v) is 2.67. The van der Waals surface area contributed by atoms with Crippen molar-refractivity contribution < 1.29 is 18.6 Å². The van der Waals surface area contributed by atoms with E-state index in [1.54, 1.807) is 33.5 Å². The standard InChI is InChI=1S/C19H18FNO3/c1-22-17-11-13(12-18(23-2)19(17)24-3)16-5-4-10-21(16)15-8-6-14(20)7-9-15/h4-12H,1-3H3. The average molecular weight is 327 g/mol. The molecule has 0 saturated heterocycles. The third-order valence-corrected chi connectivity index (χ3v) is 3.81. The number of methoxy groups -OCH3 is 3. The molecule has 0 bridgehead atoms. The topological polar surface area (TPSA) is 32.6 Å². The molecule has 5 heteroatoms. The van der Waals surface area contributed by atoms with Crippen molar-refractivity contribution in [2.24, 2.45) is 0 Å². The van der Waals surface area contributed by atoms with Gasteiger partial charge in [0.1, 0.15) is 5.82 Å². The minimum atomic E-state index is -0.264. The van der Waals surface area contributed by atoms with Crippen LogP contribution >= 0.6 is 0 Å². The Bertz CT molecular complexity index is 815. The van der Waals surface area contributed by atoms with Gasteiger partial charge in [-0.1, -0.05) is 0 Å². The van der Waals surface area contributed by atoms with E-state index in [0.29, 0.717) is 17.2 Å². The van der Waals surface area contributed by atoms with Crippen LogP contribution in [0, 0.1) is 5.82 Å². The molecule has 0 fully saturated rings. The van der Waals surface area contributed by atoms with Crippen molar-refractivity contribution in [3.05, 3.63) is 60.5 Å². The van der Waals surface area contributed by atoms with Crippen molar-refractivity contribution in [3.63, 3.8) is 0 Å². The molecule has 0 atom stereocenters. The van der Waals surface area contributed by atoms with Crippen LogP contribution in [0.15, 0.2) is 54.7 Å². The zero-order chi connectivity index (χ0) is 17.1. The number of rotatable bonds is 5. The lowest BCUT2D eigenvalue weighted by atomic mass is 10.1. The van der Waals surface area contributed by atoms with Crippen molar-refractivity contribution in [2.75, 3.05) is 21.3 Å². The highest BCUT2D eigenvalue weighted by Gasteiger charge is 2.16. The third-order valence-electron chi connectivity index (χ3n) is 3.81. The highest BCUT2D eigenvalue weighted by atomic mass is 19.1. The van der Waals surface area contributed by atoms with Gasteiger partial charge in [0.25, 0.3) is 0 Å². The Morgan fingerprint density at radius 1 is 0.833 bits per heavy atom. The minimum absolute atomic E-state index is 0.264. The fourth-order valence-electron chi connectivity index (χ4n) is 2.67. The maximum absolute atomic E-state index is 13.2. The molecule has 0 aliphatic heterocycles. The molecule has 4 nitrogen and oxygen atoms in total. The second-order valence-electron chi connectivity index (χ2n) is 5.15. The first-order valence-electron chi connectivity index (χ1n) is 7.41. The second kappa shape index (κ2) is 6.66. The Kier molecular flexibility index (Phi) is 4.42. The van der Waals surface area contributed by atoms with E-state index in [9.17, 15) is 4.39 Å². The van der Waals surface area contributed by atoms with E-state index < -0.39 is 0 Å². The quantitative estimate of drug-likeness (QED) is 0.700. The molecule has 0 spiro atoms. The number of halogens is 1. The predicted molar refractivity (Wildman–Crippen MR) is 90.8 cm³/mol. The van der Waals surface area contributed by atoms with Crippen molar-refractivity contribution in [2.45, 2.75) is 0 Å². The summed E-state index contributed by atoms with van der Waals surface area (Å²) in [7, 11) is 4.74. The number of ether oxygens (including phenoxy) is 3. The first-order chi connectivity index (χ1) is 11.7. The summed E-state index contributed by atoms with van der Waals surface area (Å²) >= 11 is 0. The molecule has 2 aromatic carbocycles. The minimum Gasteiger partial charge on any atom is -0.493 e. The van der Waals surface area contributed by atoms with Gasteiger partial charge in [0, 0.05) is 17.4 Å². The van der Waals surface area contributed by atoms with E-state index in [1.165, 1.54) is 12.1 Å². The summed E-state index contributed by atoms with van der Waals surface area (Å²) in [6, 6.07) is 14.0. The lowest BCUT2D eigenvalue weighted by Gasteiger charge is -2.15. The van der Waals surface area contributed by atoms with Gasteiger partial charge in [-0.2, -0.15) is 0 Å². The first kappa shape index (κ1) is 15.9. The number of hydrogen-bond acceptors (Lipinski definition) is 3. The monoisotopic (exact) mass is 327 g/mol. The first-order valence-corrected chi connectivity index (χ1v) is 7.41. The van der Waals surface area contributed by atoms with E-state index in [1.807, 2.05) is 35.0 Å². The second-order valence-corrected chi connectivity index (χ2v) is 5.15. The zero-order valence-electron chi connectivity index (χ0n) is 13.7. The van der Waals surface area contributed by atoms with Gasteiger partial charge in [-0.15, -0.1) is 0 Å². The van der Waals surface area contributed by atoms with Crippen LogP contribution in [0.3, 0.4) is 0 Å². The number of hydrogen-bond donors (Lipinski definition) is 0. The predicted octanol–water partition coefficient (Wildman–Crippen LogP) is 4.31. The summed E-state index contributed by atoms with van der Waals surface area (Å²) in [5, 5.41) is 0. The summed E-state index contributed by atoms with van der Waals surface area (Å²) in [5.74, 6) is 1.45. The molecular formula is C19H18FNO3. The van der Waals surface area contributed by atoms with Crippen LogP contribution in [0.2, 0.25) is 0 Å². The van der Waals surface area contributed by atoms with Crippen LogP contribution in [-0.2, 0) is 0 Å². The number of nitrogens with zero attached hydrogens (tertiary/aromatic N) is 1. The van der Waals surface area contributed by atoms with Gasteiger partial charge < -0.3 is 18.8 Å². The van der Waals surface area contributed by atoms with Gasteiger partial charge in [0.05, 0.1) is 27.0 Å². The molecule has 0 aliphatic rings. The maximum atomic E-state index is 13.2. The smallest absolute Gasteiger partial charge is 0.203 e. The molecule has 0 radical (unpaired) electrons. The van der Waals surface area contributed by atoms with Gasteiger partial charge in [-0.25, -0.2) is 4.39 Å². The summed E-state index contributed by atoms with van der Waals surface area (Å²) < 4.78 is 31.3. The van der Waals surface area contributed by atoms with Gasteiger partial charge >= 0.3 is 0 Å². The van der Waals surface area contributed by atoms with Crippen LogP contribution in [0.25, 0.3) is 16.9 Å². The molecule has 124 valence electrons. The molecule has 3 aromatic rings. The van der Waals surface area contributed by atoms with Crippen LogP contribution in [0.1, 0.15) is 0 Å². The van der Waals surface area contributed by atoms with E-state index in [-0.39, 0.29) is 5.82 Å². The Morgan fingerprint density at radius 3 is 2.00 bits per heavy atom. The van der Waals surface area contributed by atoms with E-state index in [2.05, 4.69) is 0 Å². The van der Waals surface area contributed by atoms with Crippen LogP contribution in [0.4, 0.5) is 4.39 Å². The van der Waals surface area contributed by atoms with Crippen molar-refractivity contribution in [1.82, 2.24) is 4.57 Å². The third kappa shape index (κ3) is 2.80. The summed E-state index contributed by atoms with van der Waals surface area (Å²) in [6.07, 6.45) is 1.92. The van der Waals surface area contributed by atoms with Crippen molar-refractivity contribution in [3.8, 4) is 34.2 Å². The molecular weight excluding hydrogens is 309 g/mol. The Labute approximate surface area is 140 Å². The fraction of sp³-hybridized carbons (Fsp3) is 0.158. The highest BCUT2D eigenvalue weighted by molar-refractivity contribution is 5.70. The molecule has 0 N–H and O–H groups in total. The highest BCUT2D eigenvalue weighted by Crippen LogP contribution is 2.41. The Hall–Kier alpha value is -2.95. The van der Waals surface area contributed by atoms with Crippen LogP contribution in [0.5, 0.6) is 17.2 Å². The van der Waals surface area contributed by atoms with Gasteiger partial charge in [-0.05, 0) is 48.5 Å². The largest absolute Gasteiger partial charge is 0.493 e. The van der Waals surface area contributed by atoms with Crippen molar-refractivity contribution in [1.29, 1.82) is 0 Å². The molecule has 0 aliphatic carbocycles. The SMILES string of the molecule is COc1cc(-c2cccn2-c2ccc(F)cc2)cc(OC)c1OC. The summed E-state index contributed by atoms with van der Waals surface area (Å²) in [6.45, 7) is 0. The maximum Gasteiger partial charge on any atom is 0.203 e. The molecule has 3 rings (SSSR count). The molecule has 0 amide bonds. The Morgan fingerprint density at radius 2 is 1.46 bits per heavy atom. The van der Waals surface area contributed by atoms with E-state index >= 15 is 0 Å². The Balaban J connectivity index is 2.14. The summed E-state index contributed by atoms with van der Waals surface area (Å²) in [4.78, 5) is 0. The van der Waals surface area contributed by atoms with E-state index in [4.69, 9.17) is 14.2 Å². The van der Waals surface area contributed by atoms with Crippen LogP contribution in [-0.4, -0.2) is 25.9 Å². The molecule has 1 aromatic heterocycles. The zero-order valence-corrected chi connectivity index (χ0v) is 13.7. The normalized spacial score (nSPS) is 10.5. The lowest BCUT2D eigenvalue weighted by molar-refractivity contribution is 0.324. The van der Waals surface area contributed by atoms with Gasteiger partial charge in [0.15, 0.2) is 11.5 Å². The number of aromatic nitrogens is 1. The number of benzene rings is 2. The van der Waals surface area contributed by atoms with Crippen LogP contribution < -0.4 is 14.2 Å². The average Bonchev–Trinajstić information content (AvgIpc) is 3.10. The van der Waals surface area contributed by atoms with Gasteiger partial charge in [0.2, 0.25) is 5.75 Å².